The lowest BCUT2D eigenvalue weighted by atomic mass is 9.95. The molecule has 3 N–H and O–H groups in total. The van der Waals surface area contributed by atoms with Crippen molar-refractivity contribution in [3.05, 3.63) is 71.0 Å². The van der Waals surface area contributed by atoms with Crippen LogP contribution in [0.25, 0.3) is 21.8 Å². The third kappa shape index (κ3) is 2.81. The molecule has 0 unspecified atom stereocenters. The fraction of sp³-hybridized carbons (Fsp3) is 0.182. The molecule has 1 aliphatic rings. The van der Waals surface area contributed by atoms with Crippen LogP contribution < -0.4 is 5.43 Å². The second-order valence-corrected chi connectivity index (χ2v) is 7.04. The van der Waals surface area contributed by atoms with E-state index in [1.54, 1.807) is 6.21 Å². The lowest BCUT2D eigenvalue weighted by Gasteiger charge is -2.10. The Morgan fingerprint density at radius 1 is 1.04 bits per heavy atom. The molecule has 2 heterocycles. The molecule has 0 spiro atoms. The molecule has 4 aromatic rings. The highest BCUT2D eigenvalue weighted by molar-refractivity contribution is 6.01. The SMILES string of the molecule is O=C(N/N=C\c1c[nH]c2ccccc12)c1ccc2[nH]c3c(c2c1)CCCC3. The highest BCUT2D eigenvalue weighted by Gasteiger charge is 2.16. The van der Waals surface area contributed by atoms with Crippen LogP contribution in [0.3, 0.4) is 0 Å². The molecule has 5 heteroatoms. The number of H-pyrrole nitrogens is 2. The highest BCUT2D eigenvalue weighted by Crippen LogP contribution is 2.29. The van der Waals surface area contributed by atoms with E-state index in [2.05, 4.69) is 20.5 Å². The van der Waals surface area contributed by atoms with E-state index in [0.29, 0.717) is 5.56 Å². The number of nitrogens with one attached hydrogen (secondary N) is 3. The van der Waals surface area contributed by atoms with Crippen molar-refractivity contribution in [2.45, 2.75) is 25.7 Å². The number of aromatic amines is 2. The molecule has 0 atom stereocenters. The molecule has 5 rings (SSSR count). The van der Waals surface area contributed by atoms with Crippen LogP contribution in [0.1, 0.15) is 40.0 Å². The maximum atomic E-state index is 12.5. The van der Waals surface area contributed by atoms with Crippen LogP contribution in [0, 0.1) is 0 Å². The fourth-order valence-electron chi connectivity index (χ4n) is 3.97. The number of rotatable bonds is 3. The van der Waals surface area contributed by atoms with Gasteiger partial charge in [-0.25, -0.2) is 5.43 Å². The summed E-state index contributed by atoms with van der Waals surface area (Å²) in [6.07, 6.45) is 8.19. The van der Waals surface area contributed by atoms with Gasteiger partial charge in [-0.1, -0.05) is 18.2 Å². The number of para-hydroxylation sites is 1. The number of amides is 1. The Hall–Kier alpha value is -3.34. The van der Waals surface area contributed by atoms with Crippen LogP contribution in [0.4, 0.5) is 0 Å². The summed E-state index contributed by atoms with van der Waals surface area (Å²) in [4.78, 5) is 19.2. The van der Waals surface area contributed by atoms with Crippen molar-refractivity contribution in [1.82, 2.24) is 15.4 Å². The van der Waals surface area contributed by atoms with Crippen molar-refractivity contribution in [3.63, 3.8) is 0 Å². The van der Waals surface area contributed by atoms with E-state index in [-0.39, 0.29) is 5.91 Å². The lowest BCUT2D eigenvalue weighted by molar-refractivity contribution is 0.0955. The average Bonchev–Trinajstić information content (AvgIpc) is 3.29. The predicted octanol–water partition coefficient (Wildman–Crippen LogP) is 4.29. The smallest absolute Gasteiger partial charge is 0.271 e. The molecule has 2 aromatic heterocycles. The van der Waals surface area contributed by atoms with Gasteiger partial charge in [0.2, 0.25) is 0 Å². The number of hydrogen-bond acceptors (Lipinski definition) is 2. The van der Waals surface area contributed by atoms with Gasteiger partial charge in [0.05, 0.1) is 6.21 Å². The highest BCUT2D eigenvalue weighted by atomic mass is 16.2. The van der Waals surface area contributed by atoms with Crippen molar-refractivity contribution in [2.75, 3.05) is 0 Å². The van der Waals surface area contributed by atoms with E-state index in [1.807, 2.05) is 48.7 Å². The number of fused-ring (bicyclic) bond motifs is 4. The number of hydrogen-bond donors (Lipinski definition) is 3. The molecule has 0 fully saturated rings. The molecule has 0 saturated carbocycles. The molecule has 27 heavy (non-hydrogen) atoms. The van der Waals surface area contributed by atoms with E-state index in [1.165, 1.54) is 24.1 Å². The first-order chi connectivity index (χ1) is 13.3. The van der Waals surface area contributed by atoms with Gasteiger partial charge < -0.3 is 9.97 Å². The Balaban J connectivity index is 1.37. The molecular weight excluding hydrogens is 336 g/mol. The normalized spacial score (nSPS) is 14.1. The van der Waals surface area contributed by atoms with Gasteiger partial charge in [-0.05, 0) is 55.5 Å². The Morgan fingerprint density at radius 3 is 2.89 bits per heavy atom. The van der Waals surface area contributed by atoms with Crippen LogP contribution >= 0.6 is 0 Å². The van der Waals surface area contributed by atoms with Crippen LogP contribution in [0.15, 0.2) is 53.8 Å². The average molecular weight is 356 g/mol. The standard InChI is InChI=1S/C22H20N4O/c27-22(26-24-13-15-12-23-19-7-3-1-5-16(15)19)14-9-10-21-18(11-14)17-6-2-4-8-20(17)25-21/h1,3,5,7,9-13,23,25H,2,4,6,8H2,(H,26,27)/b24-13-. The fourth-order valence-corrected chi connectivity index (χ4v) is 3.97. The Bertz CT molecular complexity index is 1180. The molecule has 5 nitrogen and oxygen atoms in total. The molecule has 0 radical (unpaired) electrons. The molecule has 1 amide bonds. The lowest BCUT2D eigenvalue weighted by Crippen LogP contribution is -2.17. The number of carbonyl (C=O) groups is 1. The summed E-state index contributed by atoms with van der Waals surface area (Å²) in [5.74, 6) is -0.196. The topological polar surface area (TPSA) is 73.0 Å². The first-order valence-corrected chi connectivity index (χ1v) is 9.32. The van der Waals surface area contributed by atoms with Gasteiger partial charge in [-0.15, -0.1) is 0 Å². The van der Waals surface area contributed by atoms with Crippen LogP contribution in [-0.4, -0.2) is 22.1 Å². The zero-order chi connectivity index (χ0) is 18.2. The van der Waals surface area contributed by atoms with Crippen LogP contribution in [0.2, 0.25) is 0 Å². The van der Waals surface area contributed by atoms with Gasteiger partial charge in [0.15, 0.2) is 0 Å². The minimum absolute atomic E-state index is 0.196. The predicted molar refractivity (Wildman–Crippen MR) is 108 cm³/mol. The summed E-state index contributed by atoms with van der Waals surface area (Å²) in [6.45, 7) is 0. The third-order valence-corrected chi connectivity index (χ3v) is 5.35. The molecule has 0 bridgehead atoms. The minimum atomic E-state index is -0.196. The van der Waals surface area contributed by atoms with Gasteiger partial charge in [0, 0.05) is 44.8 Å². The van der Waals surface area contributed by atoms with Crippen LogP contribution in [0.5, 0.6) is 0 Å². The van der Waals surface area contributed by atoms with Crippen molar-refractivity contribution >= 4 is 33.9 Å². The maximum absolute atomic E-state index is 12.5. The first-order valence-electron chi connectivity index (χ1n) is 9.32. The van der Waals surface area contributed by atoms with Crippen molar-refractivity contribution in [3.8, 4) is 0 Å². The Labute approximate surface area is 156 Å². The number of nitrogens with zero attached hydrogens (tertiary/aromatic N) is 1. The largest absolute Gasteiger partial charge is 0.361 e. The summed E-state index contributed by atoms with van der Waals surface area (Å²) >= 11 is 0. The number of aryl methyl sites for hydroxylation is 2. The third-order valence-electron chi connectivity index (χ3n) is 5.35. The summed E-state index contributed by atoms with van der Waals surface area (Å²) in [5.41, 5.74) is 9.08. The second kappa shape index (κ2) is 6.43. The zero-order valence-corrected chi connectivity index (χ0v) is 14.9. The quantitative estimate of drug-likeness (QED) is 0.372. The van der Waals surface area contributed by atoms with Crippen LogP contribution in [-0.2, 0) is 12.8 Å². The van der Waals surface area contributed by atoms with Gasteiger partial charge in [0.25, 0.3) is 5.91 Å². The van der Waals surface area contributed by atoms with Crippen molar-refractivity contribution in [2.24, 2.45) is 5.10 Å². The first kappa shape index (κ1) is 15.9. The Kier molecular flexibility index (Phi) is 3.78. The molecule has 0 aliphatic heterocycles. The summed E-state index contributed by atoms with van der Waals surface area (Å²) in [5, 5.41) is 6.39. The summed E-state index contributed by atoms with van der Waals surface area (Å²) < 4.78 is 0. The van der Waals surface area contributed by atoms with Gasteiger partial charge in [0.1, 0.15) is 0 Å². The van der Waals surface area contributed by atoms with E-state index in [9.17, 15) is 4.79 Å². The van der Waals surface area contributed by atoms with Crippen molar-refractivity contribution < 1.29 is 4.79 Å². The van der Waals surface area contributed by atoms with Gasteiger partial charge >= 0.3 is 0 Å². The molecule has 0 saturated heterocycles. The molecule has 2 aromatic carbocycles. The molecular formula is C22H20N4O. The summed E-state index contributed by atoms with van der Waals surface area (Å²) in [6, 6.07) is 13.8. The van der Waals surface area contributed by atoms with E-state index < -0.39 is 0 Å². The molecule has 1 aliphatic carbocycles. The minimum Gasteiger partial charge on any atom is -0.361 e. The number of carbonyl (C=O) groups excluding carboxylic acids is 1. The van der Waals surface area contributed by atoms with Gasteiger partial charge in [-0.3, -0.25) is 4.79 Å². The van der Waals surface area contributed by atoms with Gasteiger partial charge in [-0.2, -0.15) is 5.10 Å². The number of benzene rings is 2. The number of hydrazone groups is 1. The number of aromatic nitrogens is 2. The zero-order valence-electron chi connectivity index (χ0n) is 14.9. The molecule has 134 valence electrons. The Morgan fingerprint density at radius 2 is 1.93 bits per heavy atom. The van der Waals surface area contributed by atoms with E-state index in [4.69, 9.17) is 0 Å². The summed E-state index contributed by atoms with van der Waals surface area (Å²) in [7, 11) is 0. The van der Waals surface area contributed by atoms with E-state index >= 15 is 0 Å². The monoisotopic (exact) mass is 356 g/mol. The second-order valence-electron chi connectivity index (χ2n) is 7.04. The maximum Gasteiger partial charge on any atom is 0.271 e. The van der Waals surface area contributed by atoms with E-state index in [0.717, 1.165) is 40.2 Å². The van der Waals surface area contributed by atoms with Crippen molar-refractivity contribution in [1.29, 1.82) is 0 Å².